The molecule has 0 radical (unpaired) electrons. The van der Waals surface area contributed by atoms with Gasteiger partial charge in [0.2, 0.25) is 0 Å². The fourth-order valence-electron chi connectivity index (χ4n) is 4.77. The number of aromatic amines is 2. The molecule has 5 aromatic rings. The van der Waals surface area contributed by atoms with E-state index in [2.05, 4.69) is 54.8 Å². The van der Waals surface area contributed by atoms with E-state index in [1.54, 1.807) is 24.3 Å². The largest absolute Gasteiger partial charge is 0.416 e. The number of piperazine rings is 1. The van der Waals surface area contributed by atoms with E-state index in [0.29, 0.717) is 17.2 Å². The third-order valence-corrected chi connectivity index (χ3v) is 7.06. The zero-order valence-electron chi connectivity index (χ0n) is 22.1. The number of carbonyl (C=O) groups excluding carboxylic acids is 1. The minimum Gasteiger partial charge on any atom is -0.369 e. The number of hydrogen-bond donors (Lipinski definition) is 4. The van der Waals surface area contributed by atoms with Crippen molar-refractivity contribution >= 4 is 34.1 Å². The monoisotopic (exact) mass is 560 g/mol. The molecule has 12 heteroatoms. The van der Waals surface area contributed by atoms with Crippen LogP contribution in [0.25, 0.3) is 33.8 Å². The molecular formula is C29H27F3N8O. The second-order valence-corrected chi connectivity index (χ2v) is 9.98. The van der Waals surface area contributed by atoms with E-state index < -0.39 is 17.8 Å². The number of urea groups is 1. The van der Waals surface area contributed by atoms with E-state index in [1.807, 2.05) is 12.1 Å². The number of nitrogens with one attached hydrogen (secondary N) is 4. The summed E-state index contributed by atoms with van der Waals surface area (Å²) in [6, 6.07) is 19.0. The number of alkyl halides is 3. The molecule has 1 aliphatic heterocycles. The topological polar surface area (TPSA) is 105 Å². The van der Waals surface area contributed by atoms with Crippen molar-refractivity contribution in [1.29, 1.82) is 0 Å². The Kier molecular flexibility index (Phi) is 6.83. The molecule has 2 amide bonds. The van der Waals surface area contributed by atoms with Crippen LogP contribution in [0.3, 0.4) is 0 Å². The maximum atomic E-state index is 12.9. The second-order valence-electron chi connectivity index (χ2n) is 9.98. The van der Waals surface area contributed by atoms with Gasteiger partial charge in [0.1, 0.15) is 5.69 Å². The third-order valence-electron chi connectivity index (χ3n) is 7.06. The van der Waals surface area contributed by atoms with E-state index in [9.17, 15) is 18.0 Å². The number of likely N-dealkylation sites (N-methyl/N-ethyl adjacent to an activating group) is 1. The molecule has 6 rings (SSSR count). The van der Waals surface area contributed by atoms with Gasteiger partial charge in [0.15, 0.2) is 5.82 Å². The number of fused-ring (bicyclic) bond motifs is 1. The highest BCUT2D eigenvalue weighted by Crippen LogP contribution is 2.31. The number of amides is 2. The molecule has 0 spiro atoms. The van der Waals surface area contributed by atoms with Crippen molar-refractivity contribution in [3.05, 3.63) is 78.4 Å². The van der Waals surface area contributed by atoms with Crippen molar-refractivity contribution in [3.63, 3.8) is 0 Å². The minimum absolute atomic E-state index is 0.0417. The van der Waals surface area contributed by atoms with Gasteiger partial charge >= 0.3 is 12.2 Å². The van der Waals surface area contributed by atoms with Crippen LogP contribution in [0.2, 0.25) is 0 Å². The van der Waals surface area contributed by atoms with Crippen molar-refractivity contribution in [2.75, 3.05) is 48.8 Å². The molecule has 1 saturated heterocycles. The molecule has 0 unspecified atom stereocenters. The molecule has 1 aliphatic rings. The summed E-state index contributed by atoms with van der Waals surface area (Å²) < 4.78 is 38.8. The maximum absolute atomic E-state index is 12.9. The van der Waals surface area contributed by atoms with Crippen molar-refractivity contribution in [1.82, 2.24) is 25.1 Å². The van der Waals surface area contributed by atoms with Gasteiger partial charge in [-0.25, -0.2) is 9.78 Å². The first-order valence-corrected chi connectivity index (χ1v) is 13.1. The highest BCUT2D eigenvalue weighted by Gasteiger charge is 2.30. The first kappa shape index (κ1) is 26.4. The Morgan fingerprint density at radius 2 is 1.66 bits per heavy atom. The van der Waals surface area contributed by atoms with E-state index in [-0.39, 0.29) is 5.69 Å². The number of halogens is 3. The van der Waals surface area contributed by atoms with Crippen molar-refractivity contribution in [2.45, 2.75) is 6.18 Å². The molecule has 9 nitrogen and oxygen atoms in total. The van der Waals surface area contributed by atoms with Gasteiger partial charge in [-0.2, -0.15) is 18.3 Å². The Bertz CT molecular complexity index is 1680. The van der Waals surface area contributed by atoms with Gasteiger partial charge in [0, 0.05) is 43.2 Å². The standard InChI is InChI=1S/C29H27F3N8O/c1-39-11-13-40(14-12-39)22-9-10-23-25(16-22)36-27(35-23)26-17-24(37-38-26)18-5-7-20(8-6-18)33-28(41)34-21-4-2-3-19(15-21)29(30,31)32/h2-10,15-17H,11-14H2,1H3,(H,35,36)(H,37,38)(H2,33,34,41). The number of hydrogen-bond acceptors (Lipinski definition) is 5. The number of nitrogens with zero attached hydrogens (tertiary/aromatic N) is 4. The van der Waals surface area contributed by atoms with Crippen LogP contribution in [0.4, 0.5) is 35.0 Å². The average Bonchev–Trinajstić information content (AvgIpc) is 3.61. The van der Waals surface area contributed by atoms with E-state index in [0.717, 1.165) is 66.3 Å². The predicted molar refractivity (Wildman–Crippen MR) is 153 cm³/mol. The molecule has 210 valence electrons. The number of anilines is 3. The lowest BCUT2D eigenvalue weighted by atomic mass is 10.1. The van der Waals surface area contributed by atoms with Crippen LogP contribution in [0, 0.1) is 0 Å². The Labute approximate surface area is 233 Å². The molecule has 2 aromatic heterocycles. The Morgan fingerprint density at radius 1 is 0.902 bits per heavy atom. The Morgan fingerprint density at radius 3 is 2.41 bits per heavy atom. The zero-order chi connectivity index (χ0) is 28.6. The summed E-state index contributed by atoms with van der Waals surface area (Å²) in [6.07, 6.45) is -4.49. The van der Waals surface area contributed by atoms with Crippen molar-refractivity contribution in [2.24, 2.45) is 0 Å². The summed E-state index contributed by atoms with van der Waals surface area (Å²) in [5.74, 6) is 0.655. The first-order valence-electron chi connectivity index (χ1n) is 13.1. The summed E-state index contributed by atoms with van der Waals surface area (Å²) >= 11 is 0. The molecule has 0 atom stereocenters. The Hall–Kier alpha value is -4.84. The number of imidazole rings is 1. The van der Waals surface area contributed by atoms with Gasteiger partial charge in [-0.15, -0.1) is 0 Å². The molecule has 1 fully saturated rings. The highest BCUT2D eigenvalue weighted by molar-refractivity contribution is 6.00. The summed E-state index contributed by atoms with van der Waals surface area (Å²) in [4.78, 5) is 25.1. The van der Waals surface area contributed by atoms with Gasteiger partial charge in [0.05, 0.1) is 22.3 Å². The third kappa shape index (κ3) is 5.87. The second kappa shape index (κ2) is 10.6. The number of H-pyrrole nitrogens is 2. The SMILES string of the molecule is CN1CCN(c2ccc3[nH]c(-c4cc(-c5ccc(NC(=O)Nc6cccc(C(F)(F)F)c6)cc5)[nH]n4)nc3c2)CC1. The van der Waals surface area contributed by atoms with E-state index in [4.69, 9.17) is 4.98 Å². The van der Waals surface area contributed by atoms with Gasteiger partial charge in [-0.3, -0.25) is 5.10 Å². The first-order chi connectivity index (χ1) is 19.7. The Balaban J connectivity index is 1.11. The van der Waals surface area contributed by atoms with Gasteiger partial charge in [-0.1, -0.05) is 18.2 Å². The molecule has 0 aliphatic carbocycles. The fraction of sp³-hybridized carbons (Fsp3) is 0.207. The predicted octanol–water partition coefficient (Wildman–Crippen LogP) is 6.03. The summed E-state index contributed by atoms with van der Waals surface area (Å²) in [5.41, 5.74) is 4.91. The normalized spacial score (nSPS) is 14.4. The van der Waals surface area contributed by atoms with E-state index >= 15 is 0 Å². The average molecular weight is 561 g/mol. The molecule has 41 heavy (non-hydrogen) atoms. The number of aromatic nitrogens is 4. The maximum Gasteiger partial charge on any atom is 0.416 e. The van der Waals surface area contributed by atoms with Crippen LogP contribution in [0.1, 0.15) is 5.56 Å². The van der Waals surface area contributed by atoms with Crippen LogP contribution in [-0.2, 0) is 6.18 Å². The summed E-state index contributed by atoms with van der Waals surface area (Å²) in [7, 11) is 2.14. The van der Waals surface area contributed by atoms with Gasteiger partial charge < -0.3 is 25.4 Å². The minimum atomic E-state index is -4.49. The zero-order valence-corrected chi connectivity index (χ0v) is 22.1. The van der Waals surface area contributed by atoms with Crippen molar-refractivity contribution in [3.8, 4) is 22.8 Å². The van der Waals surface area contributed by atoms with Crippen LogP contribution in [0.15, 0.2) is 72.8 Å². The fourth-order valence-corrected chi connectivity index (χ4v) is 4.77. The van der Waals surface area contributed by atoms with Crippen LogP contribution in [-0.4, -0.2) is 64.3 Å². The molecule has 3 heterocycles. The lowest BCUT2D eigenvalue weighted by Gasteiger charge is -2.34. The van der Waals surface area contributed by atoms with Crippen LogP contribution < -0.4 is 15.5 Å². The molecular weight excluding hydrogens is 533 g/mol. The molecule has 4 N–H and O–H groups in total. The lowest BCUT2D eigenvalue weighted by molar-refractivity contribution is -0.137. The lowest BCUT2D eigenvalue weighted by Crippen LogP contribution is -2.44. The highest BCUT2D eigenvalue weighted by atomic mass is 19.4. The molecule has 0 bridgehead atoms. The van der Waals surface area contributed by atoms with Crippen molar-refractivity contribution < 1.29 is 18.0 Å². The van der Waals surface area contributed by atoms with Crippen LogP contribution >= 0.6 is 0 Å². The summed E-state index contributed by atoms with van der Waals surface area (Å²) in [6.45, 7) is 4.03. The van der Waals surface area contributed by atoms with Gasteiger partial charge in [0.25, 0.3) is 0 Å². The molecule has 3 aromatic carbocycles. The van der Waals surface area contributed by atoms with Crippen LogP contribution in [0.5, 0.6) is 0 Å². The van der Waals surface area contributed by atoms with E-state index in [1.165, 1.54) is 12.1 Å². The quantitative estimate of drug-likeness (QED) is 0.210. The molecule has 0 saturated carbocycles. The summed E-state index contributed by atoms with van der Waals surface area (Å²) in [5, 5.41) is 12.5. The van der Waals surface area contributed by atoms with Gasteiger partial charge in [-0.05, 0) is 67.2 Å². The number of benzene rings is 3. The number of rotatable bonds is 5. The number of carbonyl (C=O) groups is 1. The smallest absolute Gasteiger partial charge is 0.369 e.